The predicted molar refractivity (Wildman–Crippen MR) is 65.5 cm³/mol. The summed E-state index contributed by atoms with van der Waals surface area (Å²) in [6.45, 7) is 6.79. The molecule has 0 aliphatic rings. The molecule has 4 nitrogen and oxygen atoms in total. The van der Waals surface area contributed by atoms with Crippen LogP contribution >= 0.6 is 11.8 Å². The Hall–Kier alpha value is -0.970. The standard InChI is InChI=1S/C11H18N2O2S/c1-4-13-7-12-5-9(13)6-16-10(8(2)3)11(14)15/h5,7-8,10H,4,6H2,1-3H3,(H,14,15). The van der Waals surface area contributed by atoms with Crippen molar-refractivity contribution in [3.05, 3.63) is 18.2 Å². The Balaban J connectivity index is 2.59. The van der Waals surface area contributed by atoms with E-state index in [2.05, 4.69) is 4.98 Å². The van der Waals surface area contributed by atoms with Crippen LogP contribution < -0.4 is 0 Å². The van der Waals surface area contributed by atoms with Crippen LogP contribution in [-0.2, 0) is 17.1 Å². The van der Waals surface area contributed by atoms with Crippen LogP contribution in [0.2, 0.25) is 0 Å². The molecule has 1 unspecified atom stereocenters. The lowest BCUT2D eigenvalue weighted by Crippen LogP contribution is -2.22. The topological polar surface area (TPSA) is 55.1 Å². The van der Waals surface area contributed by atoms with E-state index >= 15 is 0 Å². The molecular formula is C11H18N2O2S. The molecule has 0 bridgehead atoms. The van der Waals surface area contributed by atoms with Gasteiger partial charge in [0.2, 0.25) is 0 Å². The van der Waals surface area contributed by atoms with Gasteiger partial charge in [0.25, 0.3) is 0 Å². The van der Waals surface area contributed by atoms with Gasteiger partial charge >= 0.3 is 5.97 Å². The highest BCUT2D eigenvalue weighted by Gasteiger charge is 2.22. The summed E-state index contributed by atoms with van der Waals surface area (Å²) in [4.78, 5) is 15.1. The van der Waals surface area contributed by atoms with E-state index in [9.17, 15) is 4.79 Å². The van der Waals surface area contributed by atoms with Crippen molar-refractivity contribution in [2.75, 3.05) is 0 Å². The van der Waals surface area contributed by atoms with Gasteiger partial charge < -0.3 is 9.67 Å². The molecule has 0 fully saturated rings. The molecule has 1 rings (SSSR count). The molecule has 0 aliphatic carbocycles. The Morgan fingerprint density at radius 2 is 2.31 bits per heavy atom. The van der Waals surface area contributed by atoms with Crippen LogP contribution in [0.25, 0.3) is 0 Å². The molecule has 0 radical (unpaired) electrons. The summed E-state index contributed by atoms with van der Waals surface area (Å²) in [6.07, 6.45) is 3.58. The number of hydrogen-bond acceptors (Lipinski definition) is 3. The van der Waals surface area contributed by atoms with E-state index in [4.69, 9.17) is 5.11 Å². The average Bonchev–Trinajstić information content (AvgIpc) is 2.64. The van der Waals surface area contributed by atoms with Crippen molar-refractivity contribution in [3.63, 3.8) is 0 Å². The van der Waals surface area contributed by atoms with Gasteiger partial charge in [0.05, 0.1) is 6.33 Å². The molecule has 0 aromatic carbocycles. The molecule has 1 N–H and O–H groups in total. The third kappa shape index (κ3) is 3.27. The van der Waals surface area contributed by atoms with Gasteiger partial charge in [-0.25, -0.2) is 4.98 Å². The van der Waals surface area contributed by atoms with Crippen molar-refractivity contribution in [3.8, 4) is 0 Å². The summed E-state index contributed by atoms with van der Waals surface area (Å²) >= 11 is 1.46. The number of aryl methyl sites for hydroxylation is 1. The number of thioether (sulfide) groups is 1. The van der Waals surface area contributed by atoms with Crippen LogP contribution in [0.4, 0.5) is 0 Å². The third-order valence-corrected chi connectivity index (χ3v) is 3.97. The second-order valence-corrected chi connectivity index (χ2v) is 5.11. The Morgan fingerprint density at radius 3 is 2.81 bits per heavy atom. The monoisotopic (exact) mass is 242 g/mol. The van der Waals surface area contributed by atoms with Crippen LogP contribution in [0, 0.1) is 5.92 Å². The molecule has 1 aromatic rings. The largest absolute Gasteiger partial charge is 0.480 e. The van der Waals surface area contributed by atoms with Crippen molar-refractivity contribution < 1.29 is 9.90 Å². The molecule has 0 aliphatic heterocycles. The van der Waals surface area contributed by atoms with Crippen LogP contribution in [0.3, 0.4) is 0 Å². The van der Waals surface area contributed by atoms with Crippen molar-refractivity contribution in [2.45, 2.75) is 38.3 Å². The number of hydrogen-bond donors (Lipinski definition) is 1. The van der Waals surface area contributed by atoms with E-state index in [0.29, 0.717) is 5.75 Å². The number of aliphatic carboxylic acids is 1. The summed E-state index contributed by atoms with van der Waals surface area (Å²) in [6, 6.07) is 0. The van der Waals surface area contributed by atoms with E-state index in [1.165, 1.54) is 11.8 Å². The molecule has 1 heterocycles. The maximum atomic E-state index is 11.0. The Labute approximate surface area is 100 Å². The predicted octanol–water partition coefficient (Wildman–Crippen LogP) is 2.25. The number of carbonyl (C=O) groups is 1. The number of carboxylic acids is 1. The Kier molecular flexibility index (Phi) is 4.86. The van der Waals surface area contributed by atoms with Crippen molar-refractivity contribution in [1.29, 1.82) is 0 Å². The van der Waals surface area contributed by atoms with E-state index in [1.54, 1.807) is 12.5 Å². The summed E-state index contributed by atoms with van der Waals surface area (Å²) in [5.74, 6) is 0.103. The van der Waals surface area contributed by atoms with Gasteiger partial charge in [-0.15, -0.1) is 11.8 Å². The number of rotatable bonds is 6. The van der Waals surface area contributed by atoms with Crippen LogP contribution in [0.5, 0.6) is 0 Å². The third-order valence-electron chi connectivity index (χ3n) is 2.40. The first-order valence-electron chi connectivity index (χ1n) is 5.39. The average molecular weight is 242 g/mol. The maximum absolute atomic E-state index is 11.0. The summed E-state index contributed by atoms with van der Waals surface area (Å²) in [7, 11) is 0. The van der Waals surface area contributed by atoms with E-state index in [0.717, 1.165) is 12.2 Å². The highest BCUT2D eigenvalue weighted by atomic mass is 32.2. The summed E-state index contributed by atoms with van der Waals surface area (Å²) < 4.78 is 2.03. The normalized spacial score (nSPS) is 13.0. The van der Waals surface area contributed by atoms with Gasteiger partial charge in [0, 0.05) is 24.2 Å². The molecule has 0 saturated carbocycles. The second-order valence-electron chi connectivity index (χ2n) is 3.98. The molecular weight excluding hydrogens is 224 g/mol. The lowest BCUT2D eigenvalue weighted by molar-refractivity contribution is -0.137. The zero-order valence-corrected chi connectivity index (χ0v) is 10.7. The zero-order chi connectivity index (χ0) is 12.1. The fourth-order valence-corrected chi connectivity index (χ4v) is 2.60. The van der Waals surface area contributed by atoms with Crippen molar-refractivity contribution >= 4 is 17.7 Å². The molecule has 90 valence electrons. The van der Waals surface area contributed by atoms with Crippen molar-refractivity contribution in [1.82, 2.24) is 9.55 Å². The van der Waals surface area contributed by atoms with Gasteiger partial charge in [-0.1, -0.05) is 13.8 Å². The quantitative estimate of drug-likeness (QED) is 0.831. The molecule has 5 heteroatoms. The SMILES string of the molecule is CCn1cncc1CSC(C(=O)O)C(C)C. The number of nitrogens with zero attached hydrogens (tertiary/aromatic N) is 2. The first kappa shape index (κ1) is 13.1. The summed E-state index contributed by atoms with van der Waals surface area (Å²) in [5.41, 5.74) is 1.08. The highest BCUT2D eigenvalue weighted by molar-refractivity contribution is 7.99. The van der Waals surface area contributed by atoms with Gasteiger partial charge in [0.1, 0.15) is 5.25 Å². The van der Waals surface area contributed by atoms with Gasteiger partial charge in [-0.3, -0.25) is 4.79 Å². The second kappa shape index (κ2) is 5.94. The fourth-order valence-electron chi connectivity index (χ4n) is 1.48. The number of imidazole rings is 1. The van der Waals surface area contributed by atoms with Gasteiger partial charge in [-0.05, 0) is 12.8 Å². The van der Waals surface area contributed by atoms with E-state index in [1.807, 2.05) is 25.3 Å². The Bertz CT molecular complexity index is 350. The minimum atomic E-state index is -0.734. The molecule has 0 spiro atoms. The lowest BCUT2D eigenvalue weighted by Gasteiger charge is -2.15. The van der Waals surface area contributed by atoms with E-state index in [-0.39, 0.29) is 11.2 Å². The highest BCUT2D eigenvalue weighted by Crippen LogP contribution is 2.23. The molecule has 0 saturated heterocycles. The smallest absolute Gasteiger partial charge is 0.316 e. The van der Waals surface area contributed by atoms with Crippen LogP contribution in [-0.4, -0.2) is 25.9 Å². The molecule has 16 heavy (non-hydrogen) atoms. The zero-order valence-electron chi connectivity index (χ0n) is 9.88. The van der Waals surface area contributed by atoms with Crippen LogP contribution in [0.1, 0.15) is 26.5 Å². The number of aromatic nitrogens is 2. The Morgan fingerprint density at radius 1 is 1.62 bits per heavy atom. The minimum absolute atomic E-state index is 0.139. The van der Waals surface area contributed by atoms with Crippen LogP contribution in [0.15, 0.2) is 12.5 Å². The molecule has 0 amide bonds. The fraction of sp³-hybridized carbons (Fsp3) is 0.636. The maximum Gasteiger partial charge on any atom is 0.316 e. The first-order chi connectivity index (χ1) is 7.56. The minimum Gasteiger partial charge on any atom is -0.480 e. The first-order valence-corrected chi connectivity index (χ1v) is 6.44. The number of carboxylic acid groups (broad SMARTS) is 1. The van der Waals surface area contributed by atoms with Gasteiger partial charge in [0.15, 0.2) is 0 Å². The van der Waals surface area contributed by atoms with Gasteiger partial charge in [-0.2, -0.15) is 0 Å². The lowest BCUT2D eigenvalue weighted by atomic mass is 10.1. The molecule has 1 aromatic heterocycles. The van der Waals surface area contributed by atoms with Crippen molar-refractivity contribution in [2.24, 2.45) is 5.92 Å². The summed E-state index contributed by atoms with van der Waals surface area (Å²) in [5, 5.41) is 8.71. The molecule has 1 atom stereocenters. The van der Waals surface area contributed by atoms with E-state index < -0.39 is 5.97 Å².